The van der Waals surface area contributed by atoms with Crippen LogP contribution in [0.1, 0.15) is 57.8 Å². The molecule has 2 fully saturated rings. The highest BCUT2D eigenvalue weighted by Gasteiger charge is 2.49. The molecule has 1 amide bonds. The van der Waals surface area contributed by atoms with Crippen LogP contribution in [0, 0.1) is 43.4 Å². The molecular formula is C30H44F2N4O5Si. The second kappa shape index (κ2) is 12.4. The molecule has 2 aromatic heterocycles. The molecule has 42 heavy (non-hydrogen) atoms. The maximum absolute atomic E-state index is 15.5. The lowest BCUT2D eigenvalue weighted by Gasteiger charge is -2.28. The lowest BCUT2D eigenvalue weighted by Crippen LogP contribution is -2.50. The van der Waals surface area contributed by atoms with Crippen molar-refractivity contribution in [2.24, 2.45) is 17.8 Å². The molecule has 9 nitrogen and oxygen atoms in total. The number of hydrogen-bond donors (Lipinski definition) is 1. The third-order valence-electron chi connectivity index (χ3n) is 7.59. The highest BCUT2D eigenvalue weighted by atomic mass is 28.3. The van der Waals surface area contributed by atoms with Crippen molar-refractivity contribution in [1.29, 1.82) is 0 Å². The minimum Gasteiger partial charge on any atom is -0.444 e. The average molecular weight is 607 g/mol. The van der Waals surface area contributed by atoms with Crippen molar-refractivity contribution in [2.45, 2.75) is 104 Å². The van der Waals surface area contributed by atoms with Gasteiger partial charge < -0.3 is 19.5 Å². The maximum Gasteiger partial charge on any atom is 0.408 e. The van der Waals surface area contributed by atoms with Crippen LogP contribution in [0.5, 0.6) is 5.88 Å². The Hall–Kier alpha value is -2.86. The first-order chi connectivity index (χ1) is 19.5. The molecule has 1 atom stereocenters. The Labute approximate surface area is 247 Å². The van der Waals surface area contributed by atoms with Crippen molar-refractivity contribution in [2.75, 3.05) is 6.61 Å². The zero-order valence-electron chi connectivity index (χ0n) is 26.0. The molecule has 2 aliphatic rings. The number of esters is 1. The Morgan fingerprint density at radius 2 is 1.71 bits per heavy atom. The van der Waals surface area contributed by atoms with Crippen molar-refractivity contribution in [3.63, 3.8) is 0 Å². The van der Waals surface area contributed by atoms with E-state index in [4.69, 9.17) is 14.2 Å². The molecule has 4 rings (SSSR count). The van der Waals surface area contributed by atoms with Crippen LogP contribution >= 0.6 is 0 Å². The predicted molar refractivity (Wildman–Crippen MR) is 157 cm³/mol. The molecule has 12 heteroatoms. The number of pyridine rings is 1. The second-order valence-corrected chi connectivity index (χ2v) is 19.4. The van der Waals surface area contributed by atoms with Crippen molar-refractivity contribution in [3.05, 3.63) is 29.2 Å². The van der Waals surface area contributed by atoms with Gasteiger partial charge >= 0.3 is 12.1 Å². The van der Waals surface area contributed by atoms with Gasteiger partial charge in [0.25, 0.3) is 0 Å². The maximum atomic E-state index is 15.5. The molecule has 0 saturated heterocycles. The van der Waals surface area contributed by atoms with Crippen molar-refractivity contribution >= 4 is 20.1 Å². The van der Waals surface area contributed by atoms with Crippen LogP contribution in [0.3, 0.4) is 0 Å². The number of alkyl carbamates (subject to hydrolysis) is 1. The Morgan fingerprint density at radius 3 is 2.24 bits per heavy atom. The molecule has 2 heterocycles. The summed E-state index contributed by atoms with van der Waals surface area (Å²) in [5.41, 5.74) is 0.111. The second-order valence-electron chi connectivity index (χ2n) is 13.8. The minimum absolute atomic E-state index is 0.136. The Bertz CT molecular complexity index is 1280. The summed E-state index contributed by atoms with van der Waals surface area (Å²) in [5, 5.41) is 7.10. The van der Waals surface area contributed by atoms with E-state index in [0.29, 0.717) is 18.0 Å². The first-order valence-corrected chi connectivity index (χ1v) is 18.4. The third kappa shape index (κ3) is 8.37. The number of carbonyl (C=O) groups excluding carboxylic acids is 2. The summed E-state index contributed by atoms with van der Waals surface area (Å²) in [6.45, 7) is 16.1. The van der Waals surface area contributed by atoms with Crippen LogP contribution in [-0.2, 0) is 21.0 Å². The highest BCUT2D eigenvalue weighted by Crippen LogP contribution is 2.51. The first kappa shape index (κ1) is 32.1. The molecule has 2 aromatic rings. The van der Waals surface area contributed by atoms with Gasteiger partial charge in [0.05, 0.1) is 11.3 Å². The highest BCUT2D eigenvalue weighted by molar-refractivity contribution is 6.76. The quantitative estimate of drug-likeness (QED) is 0.129. The van der Waals surface area contributed by atoms with E-state index in [9.17, 15) is 9.59 Å². The van der Waals surface area contributed by atoms with Gasteiger partial charge in [0.15, 0.2) is 0 Å². The van der Waals surface area contributed by atoms with Crippen LogP contribution in [0.15, 0.2) is 6.07 Å². The summed E-state index contributed by atoms with van der Waals surface area (Å²) in [6, 6.07) is 0.865. The lowest BCUT2D eigenvalue weighted by molar-refractivity contribution is -0.139. The van der Waals surface area contributed by atoms with E-state index < -0.39 is 49.4 Å². The normalized spacial score (nSPS) is 16.5. The summed E-state index contributed by atoms with van der Waals surface area (Å²) in [4.78, 5) is 29.8. The van der Waals surface area contributed by atoms with Gasteiger partial charge in [0.1, 0.15) is 24.2 Å². The standard InChI is InChI=1S/C30H44F2N4O5Si/c1-17-23(18(2)36(35-17)16-39-13-14-42(6,7)8)25-21(31)15-22(33-27(25)32)40-28(37)26(34-29(38)41-30(3,4)5)24(19-9-10-19)20-11-12-20/h15,19-20,24,26H,9-14,16H2,1-8H3,(H,34,38)/t26-/m0/s1. The van der Waals surface area contributed by atoms with Crippen LogP contribution < -0.4 is 10.1 Å². The number of halogens is 2. The number of ether oxygens (including phenoxy) is 3. The fraction of sp³-hybridized carbons (Fsp3) is 0.667. The van der Waals surface area contributed by atoms with E-state index in [1.54, 1.807) is 39.3 Å². The van der Waals surface area contributed by atoms with E-state index in [-0.39, 0.29) is 35.6 Å². The first-order valence-electron chi connectivity index (χ1n) is 14.7. The van der Waals surface area contributed by atoms with Crippen molar-refractivity contribution in [1.82, 2.24) is 20.1 Å². The van der Waals surface area contributed by atoms with Gasteiger partial charge in [-0.1, -0.05) is 19.6 Å². The van der Waals surface area contributed by atoms with E-state index in [2.05, 4.69) is 35.0 Å². The number of amides is 1. The van der Waals surface area contributed by atoms with Crippen molar-refractivity contribution < 1.29 is 32.6 Å². The number of aryl methyl sites for hydroxylation is 1. The molecule has 0 spiro atoms. The summed E-state index contributed by atoms with van der Waals surface area (Å²) < 4.78 is 49.0. The van der Waals surface area contributed by atoms with Crippen LogP contribution in [0.25, 0.3) is 11.1 Å². The van der Waals surface area contributed by atoms with E-state index in [1.165, 1.54) is 0 Å². The summed E-state index contributed by atoms with van der Waals surface area (Å²) in [6.07, 6.45) is 3.06. The monoisotopic (exact) mass is 606 g/mol. The van der Waals surface area contributed by atoms with Crippen LogP contribution in [-0.4, -0.2) is 53.2 Å². The third-order valence-corrected chi connectivity index (χ3v) is 9.30. The Morgan fingerprint density at radius 1 is 1.10 bits per heavy atom. The fourth-order valence-corrected chi connectivity index (χ4v) is 6.01. The molecule has 0 aromatic carbocycles. The van der Waals surface area contributed by atoms with Gasteiger partial charge in [0, 0.05) is 32.0 Å². The number of nitrogens with one attached hydrogen (secondary N) is 1. The van der Waals surface area contributed by atoms with Crippen LogP contribution in [0.2, 0.25) is 25.7 Å². The molecule has 0 radical (unpaired) electrons. The Kier molecular flexibility index (Phi) is 9.46. The number of rotatable bonds is 12. The minimum atomic E-state index is -1.26. The van der Waals surface area contributed by atoms with E-state index in [0.717, 1.165) is 37.8 Å². The van der Waals surface area contributed by atoms with Gasteiger partial charge in [-0.2, -0.15) is 14.5 Å². The molecule has 0 bridgehead atoms. The number of hydrogen-bond acceptors (Lipinski definition) is 7. The van der Waals surface area contributed by atoms with Crippen molar-refractivity contribution in [3.8, 4) is 17.0 Å². The molecule has 0 unspecified atom stereocenters. The average Bonchev–Trinajstić information content (AvgIpc) is 3.76. The molecule has 2 aliphatic carbocycles. The molecule has 2 saturated carbocycles. The summed E-state index contributed by atoms with van der Waals surface area (Å²) in [5.74, 6) is -2.99. The SMILES string of the molecule is Cc1nn(COCC[Si](C)(C)C)c(C)c1-c1c(F)cc(OC(=O)[C@@H](NC(=O)OC(C)(C)C)C(C2CC2)C2CC2)nc1F. The van der Waals surface area contributed by atoms with Gasteiger partial charge in [-0.05, 0) is 84.1 Å². The molecular weight excluding hydrogens is 562 g/mol. The molecule has 232 valence electrons. The van der Waals surface area contributed by atoms with E-state index >= 15 is 8.78 Å². The zero-order valence-corrected chi connectivity index (χ0v) is 27.0. The van der Waals surface area contributed by atoms with E-state index in [1.807, 2.05) is 0 Å². The lowest BCUT2D eigenvalue weighted by atomic mass is 9.89. The number of aromatic nitrogens is 3. The van der Waals surface area contributed by atoms with Gasteiger partial charge in [-0.15, -0.1) is 0 Å². The van der Waals surface area contributed by atoms with Crippen LogP contribution in [0.4, 0.5) is 13.6 Å². The predicted octanol–water partition coefficient (Wildman–Crippen LogP) is 6.39. The van der Waals surface area contributed by atoms with Gasteiger partial charge in [-0.3, -0.25) is 0 Å². The fourth-order valence-electron chi connectivity index (χ4n) is 5.26. The molecule has 1 N–H and O–H groups in total. The smallest absolute Gasteiger partial charge is 0.408 e. The zero-order chi connectivity index (χ0) is 31.0. The topological polar surface area (TPSA) is 105 Å². The largest absolute Gasteiger partial charge is 0.444 e. The number of nitrogens with zero attached hydrogens (tertiary/aromatic N) is 3. The number of carbonyl (C=O) groups is 2. The summed E-state index contributed by atoms with van der Waals surface area (Å²) in [7, 11) is -1.26. The molecule has 0 aliphatic heterocycles. The summed E-state index contributed by atoms with van der Waals surface area (Å²) >= 11 is 0. The van der Waals surface area contributed by atoms with Gasteiger partial charge in [-0.25, -0.2) is 18.7 Å². The Balaban J connectivity index is 1.52. The van der Waals surface area contributed by atoms with Gasteiger partial charge in [0.2, 0.25) is 11.8 Å².